The van der Waals surface area contributed by atoms with Crippen molar-refractivity contribution >= 4 is 5.82 Å². The van der Waals surface area contributed by atoms with Gasteiger partial charge in [0.1, 0.15) is 6.23 Å². The molecule has 19 heavy (non-hydrogen) atoms. The Bertz CT molecular complexity index is 490. The molecule has 1 aromatic rings. The summed E-state index contributed by atoms with van der Waals surface area (Å²) in [6.45, 7) is 5.14. The molecule has 0 aliphatic carbocycles. The molecule has 0 saturated carbocycles. The van der Waals surface area contributed by atoms with E-state index in [1.807, 2.05) is 6.92 Å². The predicted molar refractivity (Wildman–Crippen MR) is 69.0 cm³/mol. The first-order valence-corrected chi connectivity index (χ1v) is 5.91. The summed E-state index contributed by atoms with van der Waals surface area (Å²) < 4.78 is 19.5. The topological polar surface area (TPSA) is 90.4 Å². The Labute approximate surface area is 110 Å². The van der Waals surface area contributed by atoms with Crippen LogP contribution in [-0.2, 0) is 4.74 Å². The molecule has 0 radical (unpaired) electrons. The van der Waals surface area contributed by atoms with Gasteiger partial charge in [0, 0.05) is 0 Å². The summed E-state index contributed by atoms with van der Waals surface area (Å²) in [4.78, 5) is 14.8. The van der Waals surface area contributed by atoms with E-state index in [1.165, 1.54) is 0 Å². The second-order valence-corrected chi connectivity index (χ2v) is 4.04. The number of nitrogen functional groups attached to an aromatic ring is 1. The number of anilines is 1. The Morgan fingerprint density at radius 1 is 1.74 bits per heavy atom. The summed E-state index contributed by atoms with van der Waals surface area (Å²) in [5, 5.41) is 8.88. The largest absolute Gasteiger partial charge is 0.394 e. The zero-order valence-electron chi connectivity index (χ0n) is 10.8. The average Bonchev–Trinajstić information content (AvgIpc) is 2.83. The third-order valence-corrected chi connectivity index (χ3v) is 2.53. The first-order valence-electron chi connectivity index (χ1n) is 5.91. The molecule has 0 amide bonds. The zero-order valence-corrected chi connectivity index (χ0v) is 10.8. The lowest BCUT2D eigenvalue weighted by molar-refractivity contribution is -0.0249. The minimum absolute atomic E-state index is 0.115. The fraction of sp³-hybridized carbons (Fsp3) is 0.500. The molecular formula is C12H18FN3O3. The Morgan fingerprint density at radius 3 is 2.89 bits per heavy atom. The Kier molecular flexibility index (Phi) is 5.65. The van der Waals surface area contributed by atoms with Gasteiger partial charge in [0.15, 0.2) is 11.6 Å². The van der Waals surface area contributed by atoms with Gasteiger partial charge in [-0.2, -0.15) is 4.98 Å². The third-order valence-electron chi connectivity index (χ3n) is 2.53. The highest BCUT2D eigenvalue weighted by molar-refractivity contribution is 5.26. The Hall–Kier alpha value is -1.73. The monoisotopic (exact) mass is 271 g/mol. The number of aromatic nitrogens is 2. The molecule has 1 fully saturated rings. The zero-order chi connectivity index (χ0) is 14.4. The second kappa shape index (κ2) is 7.01. The minimum atomic E-state index is -0.754. The predicted octanol–water partition coefficient (Wildman–Crippen LogP) is 0.827. The van der Waals surface area contributed by atoms with Crippen LogP contribution in [0.3, 0.4) is 0 Å². The molecule has 2 rings (SSSR count). The summed E-state index contributed by atoms with van der Waals surface area (Å²) in [5.41, 5.74) is 4.51. The van der Waals surface area contributed by atoms with Crippen LogP contribution in [0.4, 0.5) is 10.2 Å². The van der Waals surface area contributed by atoms with Crippen LogP contribution in [0.1, 0.15) is 26.0 Å². The van der Waals surface area contributed by atoms with E-state index in [2.05, 4.69) is 11.6 Å². The molecule has 106 valence electrons. The molecule has 1 aliphatic heterocycles. The van der Waals surface area contributed by atoms with Crippen LogP contribution < -0.4 is 11.4 Å². The smallest absolute Gasteiger partial charge is 0.351 e. The van der Waals surface area contributed by atoms with Gasteiger partial charge in [-0.05, 0) is 19.8 Å². The van der Waals surface area contributed by atoms with Gasteiger partial charge in [0.25, 0.3) is 0 Å². The highest BCUT2D eigenvalue weighted by Crippen LogP contribution is 2.26. The summed E-state index contributed by atoms with van der Waals surface area (Å²) in [5.74, 6) is -1.17. The van der Waals surface area contributed by atoms with Crippen molar-refractivity contribution in [2.24, 2.45) is 0 Å². The fourth-order valence-electron chi connectivity index (χ4n) is 1.69. The molecule has 6 nitrogen and oxygen atoms in total. The lowest BCUT2D eigenvalue weighted by Crippen LogP contribution is -2.28. The van der Waals surface area contributed by atoms with Gasteiger partial charge in [-0.25, -0.2) is 9.18 Å². The van der Waals surface area contributed by atoms with E-state index < -0.39 is 23.6 Å². The van der Waals surface area contributed by atoms with E-state index in [4.69, 9.17) is 15.6 Å². The van der Waals surface area contributed by atoms with Gasteiger partial charge in [0.2, 0.25) is 0 Å². The van der Waals surface area contributed by atoms with Crippen LogP contribution in [-0.4, -0.2) is 27.4 Å². The van der Waals surface area contributed by atoms with E-state index in [-0.39, 0.29) is 12.7 Å². The number of halogens is 1. The number of ether oxygens (including phenoxy) is 1. The van der Waals surface area contributed by atoms with Crippen molar-refractivity contribution in [3.63, 3.8) is 0 Å². The molecule has 1 aromatic heterocycles. The van der Waals surface area contributed by atoms with Crippen LogP contribution >= 0.6 is 0 Å². The number of hydrogen-bond donors (Lipinski definition) is 2. The van der Waals surface area contributed by atoms with Gasteiger partial charge in [-0.3, -0.25) is 4.57 Å². The summed E-state index contributed by atoms with van der Waals surface area (Å²) >= 11 is 0. The van der Waals surface area contributed by atoms with Crippen LogP contribution in [0.2, 0.25) is 0 Å². The number of rotatable bonds is 2. The molecule has 1 saturated heterocycles. The van der Waals surface area contributed by atoms with Crippen molar-refractivity contribution in [2.45, 2.75) is 32.1 Å². The van der Waals surface area contributed by atoms with E-state index >= 15 is 0 Å². The van der Waals surface area contributed by atoms with Crippen molar-refractivity contribution < 1.29 is 14.2 Å². The van der Waals surface area contributed by atoms with Crippen LogP contribution in [0.5, 0.6) is 0 Å². The summed E-state index contributed by atoms with van der Waals surface area (Å²) in [7, 11) is 0. The molecule has 2 atom stereocenters. The third kappa shape index (κ3) is 3.87. The minimum Gasteiger partial charge on any atom is -0.394 e. The lowest BCUT2D eigenvalue weighted by Gasteiger charge is -2.14. The lowest BCUT2D eigenvalue weighted by atomic mass is 10.2. The van der Waals surface area contributed by atoms with E-state index in [1.54, 1.807) is 6.08 Å². The maximum absolute atomic E-state index is 13.1. The number of allylic oxidation sites excluding steroid dienone is 1. The Morgan fingerprint density at radius 2 is 2.37 bits per heavy atom. The first kappa shape index (κ1) is 15.3. The van der Waals surface area contributed by atoms with Gasteiger partial charge in [-0.15, -0.1) is 6.58 Å². The molecule has 0 spiro atoms. The Balaban J connectivity index is 0.000000550. The summed E-state index contributed by atoms with van der Waals surface area (Å²) in [6, 6.07) is 0. The summed E-state index contributed by atoms with van der Waals surface area (Å²) in [6.07, 6.45) is 3.01. The SMILES string of the molecule is C=CC.Nc1nc(=O)n(C2CCC(CO)O2)cc1F. The van der Waals surface area contributed by atoms with Crippen LogP contribution in [0.25, 0.3) is 0 Å². The van der Waals surface area contributed by atoms with Crippen LogP contribution in [0, 0.1) is 5.82 Å². The quantitative estimate of drug-likeness (QED) is 0.777. The van der Waals surface area contributed by atoms with Crippen molar-refractivity contribution in [3.8, 4) is 0 Å². The first-order chi connectivity index (χ1) is 9.03. The van der Waals surface area contributed by atoms with Crippen molar-refractivity contribution in [1.82, 2.24) is 9.55 Å². The standard InChI is InChI=1S/C9H12FN3O3.C3H6/c10-6-3-13(9(15)12-8(6)11)7-2-1-5(4-14)16-7;1-3-2/h3,5,7,14H,1-2,4H2,(H2,11,12,15);3H,1H2,2H3. The van der Waals surface area contributed by atoms with Crippen LogP contribution in [0.15, 0.2) is 23.6 Å². The molecule has 1 aliphatic rings. The van der Waals surface area contributed by atoms with Gasteiger partial charge in [-0.1, -0.05) is 6.08 Å². The molecule has 2 unspecified atom stereocenters. The maximum atomic E-state index is 13.1. The highest BCUT2D eigenvalue weighted by atomic mass is 19.1. The van der Waals surface area contributed by atoms with E-state index in [0.29, 0.717) is 12.8 Å². The molecule has 0 aromatic carbocycles. The van der Waals surface area contributed by atoms with Crippen molar-refractivity contribution in [2.75, 3.05) is 12.3 Å². The molecule has 0 bridgehead atoms. The maximum Gasteiger partial charge on any atom is 0.351 e. The number of hydrogen-bond acceptors (Lipinski definition) is 5. The van der Waals surface area contributed by atoms with E-state index in [9.17, 15) is 9.18 Å². The molecule has 7 heteroatoms. The van der Waals surface area contributed by atoms with Gasteiger partial charge >= 0.3 is 5.69 Å². The second-order valence-electron chi connectivity index (χ2n) is 4.04. The van der Waals surface area contributed by atoms with Gasteiger partial charge in [0.05, 0.1) is 18.9 Å². The highest BCUT2D eigenvalue weighted by Gasteiger charge is 2.27. The molecular weight excluding hydrogens is 253 g/mol. The molecule has 3 N–H and O–H groups in total. The molecule has 2 heterocycles. The number of aliphatic hydroxyl groups is 1. The number of nitrogens with zero attached hydrogens (tertiary/aromatic N) is 2. The number of aliphatic hydroxyl groups excluding tert-OH is 1. The van der Waals surface area contributed by atoms with E-state index in [0.717, 1.165) is 10.8 Å². The number of nitrogens with two attached hydrogens (primary N) is 1. The van der Waals surface area contributed by atoms with Gasteiger partial charge < -0.3 is 15.6 Å². The fourth-order valence-corrected chi connectivity index (χ4v) is 1.69. The van der Waals surface area contributed by atoms with Crippen molar-refractivity contribution in [1.29, 1.82) is 0 Å². The average molecular weight is 271 g/mol. The van der Waals surface area contributed by atoms with Crippen molar-refractivity contribution in [3.05, 3.63) is 35.2 Å². The normalized spacial score (nSPS) is 21.6.